The number of hydrogen-bond donors (Lipinski definition) is 0. The maximum Gasteiger partial charge on any atom is 0.288 e. The molecule has 40 heavy (non-hydrogen) atoms. The molecule has 5 nitrogen and oxygen atoms in total. The molecule has 4 aromatic carbocycles. The normalized spacial score (nSPS) is 11.2. The van der Waals surface area contributed by atoms with Crippen LogP contribution in [-0.2, 0) is 17.9 Å². The van der Waals surface area contributed by atoms with Crippen LogP contribution in [0.15, 0.2) is 124 Å². The Kier molecular flexibility index (Phi) is 8.93. The van der Waals surface area contributed by atoms with E-state index in [1.807, 2.05) is 60.7 Å². The Bertz CT molecular complexity index is 1610. The average molecular weight is 574 g/mol. The Morgan fingerprint density at radius 3 is 1.98 bits per heavy atom. The monoisotopic (exact) mass is 573 g/mol. The Morgan fingerprint density at radius 2 is 1.38 bits per heavy atom. The highest BCUT2D eigenvalue weighted by atomic mass is 32.2. The van der Waals surface area contributed by atoms with Gasteiger partial charge in [0.15, 0.2) is 5.16 Å². The lowest BCUT2D eigenvalue weighted by molar-refractivity contribution is -0.129. The van der Waals surface area contributed by atoms with Crippen molar-refractivity contribution < 1.29 is 13.6 Å². The van der Waals surface area contributed by atoms with Gasteiger partial charge in [0.05, 0.1) is 22.3 Å². The van der Waals surface area contributed by atoms with Crippen LogP contribution in [0.25, 0.3) is 16.6 Å². The van der Waals surface area contributed by atoms with E-state index in [2.05, 4.69) is 0 Å². The Labute approximate surface area is 238 Å². The summed E-state index contributed by atoms with van der Waals surface area (Å²) in [4.78, 5) is 34.0. The van der Waals surface area contributed by atoms with Crippen LogP contribution in [0, 0.1) is 0 Å². The van der Waals surface area contributed by atoms with Gasteiger partial charge >= 0.3 is 0 Å². The van der Waals surface area contributed by atoms with Gasteiger partial charge in [-0.2, -0.15) is 8.78 Å². The Morgan fingerprint density at radius 1 is 0.800 bits per heavy atom. The van der Waals surface area contributed by atoms with Gasteiger partial charge in [0.2, 0.25) is 5.91 Å². The van der Waals surface area contributed by atoms with Gasteiger partial charge in [0.25, 0.3) is 11.3 Å². The summed E-state index contributed by atoms with van der Waals surface area (Å²) in [6.45, 7) is 0.882. The number of carbonyl (C=O) groups excluding carboxylic acids is 1. The van der Waals surface area contributed by atoms with Gasteiger partial charge in [-0.25, -0.2) is 4.98 Å². The first-order valence-electron chi connectivity index (χ1n) is 12.5. The summed E-state index contributed by atoms with van der Waals surface area (Å²) in [6, 6.07) is 32.9. The predicted octanol–water partition coefficient (Wildman–Crippen LogP) is 7.02. The standard InChI is InChI=1S/C31H25F2N3O2S2/c32-30(33)40-25-17-15-24(16-18-25)36-29(38)26-13-7-8-14-27(26)34-31(36)39-21-28(37)35(19-22-9-3-1-4-10-22)20-23-11-5-2-6-12-23/h1-18,30H,19-21H2. The van der Waals surface area contributed by atoms with Crippen LogP contribution in [0.1, 0.15) is 11.1 Å². The molecule has 0 saturated carbocycles. The summed E-state index contributed by atoms with van der Waals surface area (Å²) < 4.78 is 27.1. The number of para-hydroxylation sites is 1. The summed E-state index contributed by atoms with van der Waals surface area (Å²) in [5.74, 6) is -2.58. The zero-order chi connectivity index (χ0) is 27.9. The van der Waals surface area contributed by atoms with Crippen LogP contribution in [0.5, 0.6) is 0 Å². The van der Waals surface area contributed by atoms with Gasteiger partial charge in [-0.15, -0.1) is 0 Å². The van der Waals surface area contributed by atoms with Crippen molar-refractivity contribution in [1.29, 1.82) is 0 Å². The topological polar surface area (TPSA) is 55.2 Å². The summed E-state index contributed by atoms with van der Waals surface area (Å²) in [6.07, 6.45) is 0. The van der Waals surface area contributed by atoms with E-state index in [1.165, 1.54) is 16.3 Å². The number of hydrogen-bond acceptors (Lipinski definition) is 5. The van der Waals surface area contributed by atoms with Gasteiger partial charge in [-0.1, -0.05) is 96.3 Å². The van der Waals surface area contributed by atoms with Crippen molar-refractivity contribution in [1.82, 2.24) is 14.5 Å². The predicted molar refractivity (Wildman–Crippen MR) is 157 cm³/mol. The smallest absolute Gasteiger partial charge is 0.288 e. The lowest BCUT2D eigenvalue weighted by Crippen LogP contribution is -2.32. The van der Waals surface area contributed by atoms with E-state index in [-0.39, 0.29) is 17.2 Å². The molecule has 0 radical (unpaired) electrons. The van der Waals surface area contributed by atoms with E-state index in [1.54, 1.807) is 53.4 Å². The van der Waals surface area contributed by atoms with E-state index in [9.17, 15) is 18.4 Å². The molecule has 0 saturated heterocycles. The molecule has 0 atom stereocenters. The first kappa shape index (κ1) is 27.6. The second kappa shape index (κ2) is 12.9. The van der Waals surface area contributed by atoms with E-state index < -0.39 is 5.76 Å². The SMILES string of the molecule is O=C(CSc1nc2ccccc2c(=O)n1-c1ccc(SC(F)F)cc1)N(Cc1ccccc1)Cc1ccccc1. The number of nitrogens with zero attached hydrogens (tertiary/aromatic N) is 3. The molecule has 0 unspecified atom stereocenters. The first-order valence-corrected chi connectivity index (χ1v) is 14.4. The highest BCUT2D eigenvalue weighted by Crippen LogP contribution is 2.27. The number of fused-ring (bicyclic) bond motifs is 1. The molecule has 9 heteroatoms. The van der Waals surface area contributed by atoms with Crippen molar-refractivity contribution in [2.24, 2.45) is 0 Å². The minimum Gasteiger partial charge on any atom is -0.333 e. The fourth-order valence-electron chi connectivity index (χ4n) is 4.27. The van der Waals surface area contributed by atoms with Gasteiger partial charge in [0.1, 0.15) is 0 Å². The van der Waals surface area contributed by atoms with Crippen molar-refractivity contribution in [3.63, 3.8) is 0 Å². The molecule has 0 fully saturated rings. The van der Waals surface area contributed by atoms with Crippen LogP contribution in [0.4, 0.5) is 8.78 Å². The van der Waals surface area contributed by atoms with E-state index in [0.29, 0.717) is 51.5 Å². The highest BCUT2D eigenvalue weighted by Gasteiger charge is 2.19. The second-order valence-electron chi connectivity index (χ2n) is 8.93. The highest BCUT2D eigenvalue weighted by molar-refractivity contribution is 8.00. The molecule has 1 aromatic heterocycles. The molecule has 0 aliphatic heterocycles. The fourth-order valence-corrected chi connectivity index (χ4v) is 5.69. The Hall–Kier alpha value is -3.95. The fraction of sp³-hybridized carbons (Fsp3) is 0.129. The number of aromatic nitrogens is 2. The quantitative estimate of drug-likeness (QED) is 0.133. The minimum atomic E-state index is -2.54. The summed E-state index contributed by atoms with van der Waals surface area (Å²) >= 11 is 1.62. The first-order chi connectivity index (χ1) is 19.5. The largest absolute Gasteiger partial charge is 0.333 e. The molecule has 5 aromatic rings. The molecular formula is C31H25F2N3O2S2. The van der Waals surface area contributed by atoms with Crippen molar-refractivity contribution >= 4 is 40.3 Å². The van der Waals surface area contributed by atoms with Crippen LogP contribution in [-0.4, -0.2) is 31.9 Å². The molecule has 0 aliphatic rings. The van der Waals surface area contributed by atoms with Crippen LogP contribution < -0.4 is 5.56 Å². The van der Waals surface area contributed by atoms with Crippen LogP contribution >= 0.6 is 23.5 Å². The average Bonchev–Trinajstić information content (AvgIpc) is 2.97. The van der Waals surface area contributed by atoms with E-state index >= 15 is 0 Å². The molecule has 0 bridgehead atoms. The van der Waals surface area contributed by atoms with Gasteiger partial charge < -0.3 is 4.90 Å². The molecule has 0 spiro atoms. The lowest BCUT2D eigenvalue weighted by atomic mass is 10.1. The van der Waals surface area contributed by atoms with Crippen molar-refractivity contribution in [2.75, 3.05) is 5.75 Å². The summed E-state index contributed by atoms with van der Waals surface area (Å²) in [7, 11) is 0. The third-order valence-corrected chi connectivity index (χ3v) is 7.82. The van der Waals surface area contributed by atoms with Crippen molar-refractivity contribution in [3.8, 4) is 5.69 Å². The number of alkyl halides is 2. The maximum absolute atomic E-state index is 13.6. The maximum atomic E-state index is 13.6. The third-order valence-electron chi connectivity index (χ3n) is 6.17. The van der Waals surface area contributed by atoms with Gasteiger partial charge in [-0.3, -0.25) is 14.2 Å². The van der Waals surface area contributed by atoms with E-state index in [4.69, 9.17) is 4.98 Å². The summed E-state index contributed by atoms with van der Waals surface area (Å²) in [5, 5.41) is 0.782. The number of amides is 1. The zero-order valence-electron chi connectivity index (χ0n) is 21.3. The van der Waals surface area contributed by atoms with Crippen LogP contribution in [0.2, 0.25) is 0 Å². The molecule has 0 N–H and O–H groups in total. The number of halogens is 2. The Balaban J connectivity index is 1.45. The molecule has 0 aliphatic carbocycles. The molecular weight excluding hydrogens is 548 g/mol. The van der Waals surface area contributed by atoms with E-state index in [0.717, 1.165) is 11.1 Å². The third kappa shape index (κ3) is 6.78. The number of carbonyl (C=O) groups is 1. The number of rotatable bonds is 10. The van der Waals surface area contributed by atoms with Gasteiger partial charge in [0, 0.05) is 18.0 Å². The van der Waals surface area contributed by atoms with Gasteiger partial charge in [-0.05, 0) is 47.5 Å². The number of benzene rings is 4. The minimum absolute atomic E-state index is 0.0593. The molecule has 1 heterocycles. The van der Waals surface area contributed by atoms with Crippen molar-refractivity contribution in [2.45, 2.75) is 28.9 Å². The van der Waals surface area contributed by atoms with Crippen LogP contribution in [0.3, 0.4) is 0 Å². The molecule has 5 rings (SSSR count). The molecule has 1 amide bonds. The second-order valence-corrected chi connectivity index (χ2v) is 10.9. The van der Waals surface area contributed by atoms with Crippen molar-refractivity contribution in [3.05, 3.63) is 131 Å². The zero-order valence-corrected chi connectivity index (χ0v) is 23.0. The number of thioether (sulfide) groups is 2. The summed E-state index contributed by atoms with van der Waals surface area (Å²) in [5.41, 5.74) is 2.75. The molecule has 202 valence electrons. The lowest BCUT2D eigenvalue weighted by Gasteiger charge is -2.23.